The van der Waals surface area contributed by atoms with E-state index in [1.807, 2.05) is 37.4 Å². The summed E-state index contributed by atoms with van der Waals surface area (Å²) in [6.45, 7) is 4.60. The lowest BCUT2D eigenvalue weighted by Crippen LogP contribution is -2.21. The Bertz CT molecular complexity index is 1090. The molecule has 0 saturated carbocycles. The van der Waals surface area contributed by atoms with Gasteiger partial charge in [0.15, 0.2) is 0 Å². The molecule has 0 spiro atoms. The van der Waals surface area contributed by atoms with E-state index in [1.54, 1.807) is 23.7 Å². The van der Waals surface area contributed by atoms with E-state index in [0.717, 1.165) is 31.1 Å². The zero-order chi connectivity index (χ0) is 18.1. The van der Waals surface area contributed by atoms with Crippen LogP contribution in [0.15, 0.2) is 42.9 Å². The fourth-order valence-corrected chi connectivity index (χ4v) is 4.56. The number of rotatable bonds is 4. The molecule has 27 heavy (non-hydrogen) atoms. The Hall–Kier alpha value is -2.64. The topological polar surface area (TPSA) is 67.8 Å². The smallest absolute Gasteiger partial charge is 0.261 e. The summed E-state index contributed by atoms with van der Waals surface area (Å²) in [5.41, 5.74) is 3.35. The lowest BCUT2D eigenvalue weighted by atomic mass is 10.1. The zero-order valence-corrected chi connectivity index (χ0v) is 15.9. The van der Waals surface area contributed by atoms with Crippen LogP contribution in [-0.4, -0.2) is 21.1 Å². The lowest BCUT2D eigenvalue weighted by Gasteiger charge is -2.01. The van der Waals surface area contributed by atoms with Crippen molar-refractivity contribution in [1.82, 2.24) is 20.5 Å². The van der Waals surface area contributed by atoms with Crippen molar-refractivity contribution in [2.24, 2.45) is 0 Å². The van der Waals surface area contributed by atoms with Crippen LogP contribution in [0.3, 0.4) is 0 Å². The number of carbonyl (C=O) groups excluding carboxylic acids is 1. The van der Waals surface area contributed by atoms with Crippen LogP contribution in [0.4, 0.5) is 0 Å². The molecule has 0 radical (unpaired) electrons. The Kier molecular flexibility index (Phi) is 5.62. The number of carbonyl (C=O) groups is 1. The molecule has 0 bridgehead atoms. The van der Waals surface area contributed by atoms with Crippen LogP contribution in [0.5, 0.6) is 0 Å². The highest BCUT2D eigenvalue weighted by molar-refractivity contribution is 7.20. The first kappa shape index (κ1) is 19.1. The molecule has 0 aromatic carbocycles. The summed E-state index contributed by atoms with van der Waals surface area (Å²) in [4.78, 5) is 20.7. The van der Waals surface area contributed by atoms with E-state index < -0.39 is 0 Å². The van der Waals surface area contributed by atoms with Crippen LogP contribution < -0.4 is 5.32 Å². The SMILES string of the molecule is C.Cc1cnc2sc(C(=O)NCc3ccc(-c4ccnnc4)s3)cc2c1C. The van der Waals surface area contributed by atoms with Crippen molar-refractivity contribution in [3.63, 3.8) is 0 Å². The van der Waals surface area contributed by atoms with Gasteiger partial charge in [-0.1, -0.05) is 7.43 Å². The standard InChI is InChI=1S/C19H16N4OS2.CH4/c1-11-8-21-19-15(12(11)2)7-17(26-19)18(24)20-10-14-3-4-16(25-14)13-5-6-22-23-9-13;/h3-9H,10H2,1-2H3,(H,20,24);1H4. The van der Waals surface area contributed by atoms with Gasteiger partial charge in [0.05, 0.1) is 23.8 Å². The van der Waals surface area contributed by atoms with Crippen LogP contribution in [-0.2, 0) is 6.54 Å². The fraction of sp³-hybridized carbons (Fsp3) is 0.200. The molecule has 0 unspecified atom stereocenters. The van der Waals surface area contributed by atoms with Gasteiger partial charge in [-0.3, -0.25) is 4.79 Å². The number of amides is 1. The Morgan fingerprint density at radius 1 is 1.11 bits per heavy atom. The highest BCUT2D eigenvalue weighted by Crippen LogP contribution is 2.29. The summed E-state index contributed by atoms with van der Waals surface area (Å²) in [5.74, 6) is -0.0643. The van der Waals surface area contributed by atoms with Crippen molar-refractivity contribution in [3.05, 3.63) is 63.7 Å². The predicted octanol–water partition coefficient (Wildman–Crippen LogP) is 5.00. The second kappa shape index (κ2) is 7.94. The highest BCUT2D eigenvalue weighted by Gasteiger charge is 2.13. The second-order valence-electron chi connectivity index (χ2n) is 5.98. The molecule has 1 amide bonds. The molecule has 0 saturated heterocycles. The van der Waals surface area contributed by atoms with E-state index in [1.165, 1.54) is 16.9 Å². The average molecular weight is 397 g/mol. The predicted molar refractivity (Wildman–Crippen MR) is 112 cm³/mol. The van der Waals surface area contributed by atoms with Crippen molar-refractivity contribution in [1.29, 1.82) is 0 Å². The summed E-state index contributed by atoms with van der Waals surface area (Å²) in [6, 6.07) is 7.93. The van der Waals surface area contributed by atoms with Gasteiger partial charge in [0, 0.05) is 26.9 Å². The van der Waals surface area contributed by atoms with Crippen molar-refractivity contribution in [2.75, 3.05) is 0 Å². The second-order valence-corrected chi connectivity index (χ2v) is 8.17. The number of thiophene rings is 2. The Labute approximate surface area is 166 Å². The third kappa shape index (κ3) is 3.89. The average Bonchev–Trinajstić information content (AvgIpc) is 3.31. The van der Waals surface area contributed by atoms with Crippen molar-refractivity contribution in [2.45, 2.75) is 27.8 Å². The van der Waals surface area contributed by atoms with Gasteiger partial charge in [-0.15, -0.1) is 22.7 Å². The quantitative estimate of drug-likeness (QED) is 0.527. The maximum atomic E-state index is 12.5. The molecule has 4 aromatic heterocycles. The van der Waals surface area contributed by atoms with Crippen molar-refractivity contribution < 1.29 is 4.79 Å². The minimum Gasteiger partial charge on any atom is -0.346 e. The first-order valence-electron chi connectivity index (χ1n) is 8.11. The van der Waals surface area contributed by atoms with Gasteiger partial charge in [-0.2, -0.15) is 10.2 Å². The third-order valence-corrected chi connectivity index (χ3v) is 6.44. The number of nitrogens with zero attached hydrogens (tertiary/aromatic N) is 3. The normalized spacial score (nSPS) is 10.6. The van der Waals surface area contributed by atoms with Gasteiger partial charge >= 0.3 is 0 Å². The molecular formula is C20H20N4OS2. The number of aryl methyl sites for hydroxylation is 2. The molecule has 1 N–H and O–H groups in total. The number of nitrogens with one attached hydrogen (secondary N) is 1. The minimum atomic E-state index is -0.0643. The third-order valence-electron chi connectivity index (χ3n) is 4.26. The van der Waals surface area contributed by atoms with Crippen LogP contribution in [0.25, 0.3) is 20.7 Å². The molecule has 0 aliphatic carbocycles. The molecule has 7 heteroatoms. The number of hydrogen-bond acceptors (Lipinski definition) is 6. The summed E-state index contributed by atoms with van der Waals surface area (Å²) in [7, 11) is 0. The molecular weight excluding hydrogens is 376 g/mol. The highest BCUT2D eigenvalue weighted by atomic mass is 32.1. The van der Waals surface area contributed by atoms with E-state index in [-0.39, 0.29) is 13.3 Å². The fourth-order valence-electron chi connectivity index (χ4n) is 2.64. The lowest BCUT2D eigenvalue weighted by molar-refractivity contribution is 0.0955. The van der Waals surface area contributed by atoms with Crippen molar-refractivity contribution >= 4 is 38.8 Å². The Morgan fingerprint density at radius 2 is 1.96 bits per heavy atom. The van der Waals surface area contributed by atoms with Gasteiger partial charge in [-0.25, -0.2) is 4.98 Å². The number of fused-ring (bicyclic) bond motifs is 1. The summed E-state index contributed by atoms with van der Waals surface area (Å²) in [5, 5.41) is 11.8. The van der Waals surface area contributed by atoms with Crippen LogP contribution >= 0.6 is 22.7 Å². The van der Waals surface area contributed by atoms with Crippen molar-refractivity contribution in [3.8, 4) is 10.4 Å². The molecule has 5 nitrogen and oxygen atoms in total. The van der Waals surface area contributed by atoms with E-state index in [0.29, 0.717) is 11.4 Å². The van der Waals surface area contributed by atoms with Crippen LogP contribution in [0.2, 0.25) is 0 Å². The molecule has 0 aliphatic rings. The summed E-state index contributed by atoms with van der Waals surface area (Å²) in [6.07, 6.45) is 5.27. The number of pyridine rings is 1. The zero-order valence-electron chi connectivity index (χ0n) is 14.3. The molecule has 0 fully saturated rings. The molecule has 0 atom stereocenters. The van der Waals surface area contributed by atoms with Gasteiger partial charge in [0.2, 0.25) is 0 Å². The van der Waals surface area contributed by atoms with Gasteiger partial charge in [-0.05, 0) is 49.2 Å². The minimum absolute atomic E-state index is 0. The number of aromatic nitrogens is 3. The largest absolute Gasteiger partial charge is 0.346 e. The molecule has 0 aliphatic heterocycles. The van der Waals surface area contributed by atoms with Crippen LogP contribution in [0.1, 0.15) is 33.1 Å². The van der Waals surface area contributed by atoms with E-state index >= 15 is 0 Å². The molecule has 4 rings (SSSR count). The van der Waals surface area contributed by atoms with E-state index in [2.05, 4.69) is 27.4 Å². The summed E-state index contributed by atoms with van der Waals surface area (Å²) < 4.78 is 0. The first-order chi connectivity index (χ1) is 12.6. The first-order valence-corrected chi connectivity index (χ1v) is 9.75. The molecule has 138 valence electrons. The monoisotopic (exact) mass is 396 g/mol. The summed E-state index contributed by atoms with van der Waals surface area (Å²) >= 11 is 3.07. The maximum Gasteiger partial charge on any atom is 0.261 e. The van der Waals surface area contributed by atoms with E-state index in [9.17, 15) is 4.79 Å². The van der Waals surface area contributed by atoms with Gasteiger partial charge in [0.25, 0.3) is 5.91 Å². The molecule has 4 aromatic rings. The van der Waals surface area contributed by atoms with E-state index in [4.69, 9.17) is 0 Å². The Morgan fingerprint density at radius 3 is 2.74 bits per heavy atom. The number of hydrogen-bond donors (Lipinski definition) is 1. The van der Waals surface area contributed by atoms with Crippen LogP contribution in [0, 0.1) is 13.8 Å². The van der Waals surface area contributed by atoms with Gasteiger partial charge in [0.1, 0.15) is 4.83 Å². The van der Waals surface area contributed by atoms with Gasteiger partial charge < -0.3 is 5.32 Å². The molecule has 4 heterocycles. The Balaban J connectivity index is 0.00000210. The maximum absolute atomic E-state index is 12.5.